The lowest BCUT2D eigenvalue weighted by molar-refractivity contribution is 0.0423. The van der Waals surface area contributed by atoms with Crippen LogP contribution in [0.25, 0.3) is 0 Å². The van der Waals surface area contributed by atoms with Crippen molar-refractivity contribution in [2.45, 2.75) is 26.0 Å². The third kappa shape index (κ3) is 4.18. The predicted octanol–water partition coefficient (Wildman–Crippen LogP) is 0.0858. The Kier molecular flexibility index (Phi) is 4.28. The number of hydrogen-bond acceptors (Lipinski definition) is 5. The first kappa shape index (κ1) is 13.7. The van der Waals surface area contributed by atoms with Gasteiger partial charge in [-0.1, -0.05) is 0 Å². The molecule has 0 bridgehead atoms. The van der Waals surface area contributed by atoms with E-state index < -0.39 is 11.5 Å². The van der Waals surface area contributed by atoms with E-state index in [1.54, 1.807) is 19.9 Å². The summed E-state index contributed by atoms with van der Waals surface area (Å²) in [6.07, 6.45) is 1.44. The fraction of sp³-hybridized carbons (Fsp3) is 0.545. The number of likely N-dealkylation sites (N-methyl/N-ethyl adjacent to an activating group) is 1. The van der Waals surface area contributed by atoms with Gasteiger partial charge in [0.25, 0.3) is 0 Å². The minimum absolute atomic E-state index is 0.204. The van der Waals surface area contributed by atoms with E-state index in [0.29, 0.717) is 13.1 Å². The molecule has 4 N–H and O–H groups in total. The van der Waals surface area contributed by atoms with E-state index in [1.807, 2.05) is 17.4 Å². The van der Waals surface area contributed by atoms with Crippen LogP contribution >= 0.6 is 0 Å². The lowest BCUT2D eigenvalue weighted by Gasteiger charge is -2.25. The van der Waals surface area contributed by atoms with Crippen molar-refractivity contribution in [3.8, 4) is 0 Å². The van der Waals surface area contributed by atoms with Crippen molar-refractivity contribution in [1.82, 2.24) is 10.3 Å². The molecule has 0 saturated heterocycles. The van der Waals surface area contributed by atoms with E-state index in [4.69, 9.17) is 10.3 Å². The van der Waals surface area contributed by atoms with Crippen molar-refractivity contribution in [2.75, 3.05) is 13.6 Å². The number of furan rings is 1. The van der Waals surface area contributed by atoms with Crippen molar-refractivity contribution in [3.05, 3.63) is 23.7 Å². The maximum absolute atomic E-state index is 11.4. The molecule has 0 atom stereocenters. The Morgan fingerprint density at radius 1 is 1.65 bits per heavy atom. The summed E-state index contributed by atoms with van der Waals surface area (Å²) in [5, 5.41) is 9.68. The van der Waals surface area contributed by atoms with E-state index >= 15 is 0 Å². The average Bonchev–Trinajstić information content (AvgIpc) is 2.61. The molecule has 0 unspecified atom stereocenters. The van der Waals surface area contributed by atoms with Gasteiger partial charge in [-0.05, 0) is 27.0 Å². The maximum Gasteiger partial charge on any atom is 0.301 e. The van der Waals surface area contributed by atoms with Crippen LogP contribution in [-0.4, -0.2) is 35.1 Å². The van der Waals surface area contributed by atoms with E-state index in [1.165, 1.54) is 6.26 Å². The topological polar surface area (TPSA) is 91.7 Å². The van der Waals surface area contributed by atoms with Gasteiger partial charge in [-0.15, -0.1) is 0 Å². The molecule has 0 aromatic carbocycles. The maximum atomic E-state index is 11.4. The SMILES string of the molecule is CN(Cc1ccoc1C(=O)NN)CC(C)(C)O. The summed E-state index contributed by atoms with van der Waals surface area (Å²) in [7, 11) is 1.86. The van der Waals surface area contributed by atoms with Gasteiger partial charge in [0.1, 0.15) is 0 Å². The van der Waals surface area contributed by atoms with E-state index in [2.05, 4.69) is 0 Å². The molecule has 0 spiro atoms. The van der Waals surface area contributed by atoms with Gasteiger partial charge in [0.2, 0.25) is 0 Å². The van der Waals surface area contributed by atoms with Gasteiger partial charge < -0.3 is 9.52 Å². The molecule has 1 amide bonds. The lowest BCUT2D eigenvalue weighted by atomic mass is 10.1. The average molecular weight is 241 g/mol. The first-order chi connectivity index (χ1) is 7.83. The number of nitrogens with one attached hydrogen (secondary N) is 1. The number of nitrogens with zero attached hydrogens (tertiary/aromatic N) is 1. The molecule has 0 radical (unpaired) electrons. The molecule has 1 aromatic heterocycles. The Morgan fingerprint density at radius 3 is 2.82 bits per heavy atom. The normalized spacial score (nSPS) is 11.9. The van der Waals surface area contributed by atoms with Gasteiger partial charge in [-0.2, -0.15) is 0 Å². The number of hydrogen-bond donors (Lipinski definition) is 3. The van der Waals surface area contributed by atoms with Gasteiger partial charge in [0.15, 0.2) is 5.76 Å². The Morgan fingerprint density at radius 2 is 2.29 bits per heavy atom. The van der Waals surface area contributed by atoms with Crippen LogP contribution in [-0.2, 0) is 6.54 Å². The van der Waals surface area contributed by atoms with Crippen molar-refractivity contribution in [3.63, 3.8) is 0 Å². The predicted molar refractivity (Wildman–Crippen MR) is 63.0 cm³/mol. The molecule has 96 valence electrons. The third-order valence-electron chi connectivity index (χ3n) is 2.18. The van der Waals surface area contributed by atoms with Gasteiger partial charge in [0.05, 0.1) is 11.9 Å². The largest absolute Gasteiger partial charge is 0.459 e. The minimum Gasteiger partial charge on any atom is -0.459 e. The van der Waals surface area contributed by atoms with Crippen LogP contribution in [0.2, 0.25) is 0 Å². The molecule has 0 aliphatic carbocycles. The Bertz CT molecular complexity index is 382. The molecule has 1 aromatic rings. The second-order valence-electron chi connectivity index (χ2n) is 4.73. The monoisotopic (exact) mass is 241 g/mol. The Balaban J connectivity index is 2.69. The molecule has 0 fully saturated rings. The second-order valence-corrected chi connectivity index (χ2v) is 4.73. The fourth-order valence-corrected chi connectivity index (χ4v) is 1.73. The summed E-state index contributed by atoms with van der Waals surface area (Å²) in [6, 6.07) is 1.71. The van der Waals surface area contributed by atoms with E-state index in [9.17, 15) is 9.90 Å². The smallest absolute Gasteiger partial charge is 0.301 e. The molecule has 17 heavy (non-hydrogen) atoms. The highest BCUT2D eigenvalue weighted by molar-refractivity contribution is 5.92. The van der Waals surface area contributed by atoms with E-state index in [-0.39, 0.29) is 5.76 Å². The highest BCUT2D eigenvalue weighted by atomic mass is 16.3. The number of rotatable bonds is 5. The van der Waals surface area contributed by atoms with Crippen LogP contribution in [0.5, 0.6) is 0 Å². The van der Waals surface area contributed by atoms with Crippen molar-refractivity contribution in [2.24, 2.45) is 5.84 Å². The molecular weight excluding hydrogens is 222 g/mol. The van der Waals surface area contributed by atoms with Crippen LogP contribution in [0.15, 0.2) is 16.7 Å². The Labute approximate surface area is 100 Å². The number of nitrogens with two attached hydrogens (primary N) is 1. The standard InChI is InChI=1S/C11H19N3O3/c1-11(2,16)7-14(3)6-8-4-5-17-9(8)10(15)13-12/h4-5,16H,6-7,12H2,1-3H3,(H,13,15). The molecule has 0 aliphatic heterocycles. The molecule has 6 heteroatoms. The lowest BCUT2D eigenvalue weighted by Crippen LogP contribution is -2.36. The van der Waals surface area contributed by atoms with Crippen LogP contribution in [0.4, 0.5) is 0 Å². The highest BCUT2D eigenvalue weighted by Gasteiger charge is 2.19. The van der Waals surface area contributed by atoms with Crippen LogP contribution < -0.4 is 11.3 Å². The Hall–Kier alpha value is -1.37. The number of carbonyl (C=O) groups excluding carboxylic acids is 1. The summed E-state index contributed by atoms with van der Waals surface area (Å²) in [6.45, 7) is 4.45. The van der Waals surface area contributed by atoms with Crippen molar-refractivity contribution in [1.29, 1.82) is 0 Å². The third-order valence-corrected chi connectivity index (χ3v) is 2.18. The minimum atomic E-state index is -0.783. The number of hydrazine groups is 1. The van der Waals surface area contributed by atoms with Crippen LogP contribution in [0.1, 0.15) is 30.0 Å². The zero-order valence-electron chi connectivity index (χ0n) is 10.4. The second kappa shape index (κ2) is 5.31. The fourth-order valence-electron chi connectivity index (χ4n) is 1.73. The van der Waals surface area contributed by atoms with E-state index in [0.717, 1.165) is 5.56 Å². The summed E-state index contributed by atoms with van der Waals surface area (Å²) in [5.74, 6) is 4.80. The zero-order valence-corrected chi connectivity index (χ0v) is 10.4. The van der Waals surface area contributed by atoms with Crippen LogP contribution in [0, 0.1) is 0 Å². The quantitative estimate of drug-likeness (QED) is 0.386. The summed E-state index contributed by atoms with van der Waals surface area (Å²) in [5.41, 5.74) is 1.98. The summed E-state index contributed by atoms with van der Waals surface area (Å²) < 4.78 is 5.07. The molecule has 6 nitrogen and oxygen atoms in total. The zero-order chi connectivity index (χ0) is 13.1. The highest BCUT2D eigenvalue weighted by Crippen LogP contribution is 2.14. The molecule has 0 saturated carbocycles. The number of amides is 1. The van der Waals surface area contributed by atoms with Gasteiger partial charge in [0, 0.05) is 18.7 Å². The molecule has 1 rings (SSSR count). The number of aliphatic hydroxyl groups is 1. The summed E-state index contributed by atoms with van der Waals surface area (Å²) >= 11 is 0. The molecule has 1 heterocycles. The van der Waals surface area contributed by atoms with Gasteiger partial charge >= 0.3 is 5.91 Å². The van der Waals surface area contributed by atoms with Gasteiger partial charge in [-0.3, -0.25) is 15.1 Å². The number of nitrogen functional groups attached to an aromatic ring is 1. The molecular formula is C11H19N3O3. The van der Waals surface area contributed by atoms with Crippen LogP contribution in [0.3, 0.4) is 0 Å². The number of carbonyl (C=O) groups is 1. The van der Waals surface area contributed by atoms with Gasteiger partial charge in [-0.25, -0.2) is 5.84 Å². The van der Waals surface area contributed by atoms with Crippen molar-refractivity contribution >= 4 is 5.91 Å². The summed E-state index contributed by atoms with van der Waals surface area (Å²) in [4.78, 5) is 13.3. The first-order valence-corrected chi connectivity index (χ1v) is 5.32. The van der Waals surface area contributed by atoms with Crippen molar-refractivity contribution < 1.29 is 14.3 Å². The molecule has 0 aliphatic rings. The first-order valence-electron chi connectivity index (χ1n) is 5.32.